The number of hydrogen-bond acceptors (Lipinski definition) is 6. The highest BCUT2D eigenvalue weighted by Gasteiger charge is 2.20. The van der Waals surface area contributed by atoms with E-state index in [1.165, 1.54) is 321 Å². The van der Waals surface area contributed by atoms with Crippen LogP contribution in [-0.4, -0.2) is 37.2 Å². The van der Waals surface area contributed by atoms with Crippen LogP contribution in [0.5, 0.6) is 0 Å². The largest absolute Gasteiger partial charge is 0.462 e. The van der Waals surface area contributed by atoms with E-state index in [9.17, 15) is 14.4 Å². The van der Waals surface area contributed by atoms with E-state index in [2.05, 4.69) is 45.1 Å². The number of hydrogen-bond donors (Lipinski definition) is 0. The van der Waals surface area contributed by atoms with E-state index in [1.807, 2.05) is 0 Å². The molecule has 0 spiro atoms. The molecule has 0 aliphatic heterocycles. The highest BCUT2D eigenvalue weighted by Crippen LogP contribution is 2.20. The fourth-order valence-electron chi connectivity index (χ4n) is 11.7. The summed E-state index contributed by atoms with van der Waals surface area (Å²) in [5, 5.41) is 0. The molecule has 0 amide bonds. The quantitative estimate of drug-likeness (QED) is 0.0261. The van der Waals surface area contributed by atoms with Crippen molar-refractivity contribution in [1.82, 2.24) is 0 Å². The second-order valence-corrected chi connectivity index (χ2v) is 25.9. The summed E-state index contributed by atoms with van der Waals surface area (Å²) in [4.78, 5) is 38.3. The van der Waals surface area contributed by atoms with Gasteiger partial charge in [0.1, 0.15) is 13.2 Å². The highest BCUT2D eigenvalue weighted by molar-refractivity contribution is 5.71. The summed E-state index contributed by atoms with van der Waals surface area (Å²) in [5.41, 5.74) is 0. The minimum absolute atomic E-state index is 0.0696. The van der Waals surface area contributed by atoms with E-state index >= 15 is 0 Å². The van der Waals surface area contributed by atoms with Crippen molar-refractivity contribution in [2.45, 2.75) is 438 Å². The Balaban J connectivity index is 4.02. The van der Waals surface area contributed by atoms with Crippen LogP contribution in [0.25, 0.3) is 0 Å². The normalized spacial score (nSPS) is 12.1. The van der Waals surface area contributed by atoms with E-state index < -0.39 is 6.10 Å². The minimum Gasteiger partial charge on any atom is -0.462 e. The topological polar surface area (TPSA) is 78.9 Å². The van der Waals surface area contributed by atoms with Gasteiger partial charge in [0.15, 0.2) is 6.10 Å². The molecule has 0 aromatic carbocycles. The Hall–Kier alpha value is -2.11. The van der Waals surface area contributed by atoms with Crippen LogP contribution in [0.1, 0.15) is 432 Å². The Kier molecular flexibility index (Phi) is 70.5. The molecule has 6 nitrogen and oxygen atoms in total. The number of unbranched alkanes of at least 4 members (excludes halogenated alkanes) is 56. The van der Waals surface area contributed by atoms with E-state index in [4.69, 9.17) is 14.2 Å². The van der Waals surface area contributed by atoms with Crippen LogP contribution in [-0.2, 0) is 28.6 Å². The monoisotopic (exact) mass is 1170 g/mol. The number of rotatable bonds is 71. The van der Waals surface area contributed by atoms with Gasteiger partial charge in [-0.2, -0.15) is 0 Å². The van der Waals surface area contributed by atoms with Gasteiger partial charge in [-0.25, -0.2) is 0 Å². The maximum absolute atomic E-state index is 12.9. The van der Waals surface area contributed by atoms with Gasteiger partial charge in [0.2, 0.25) is 0 Å². The molecular weight excluding hydrogens is 1020 g/mol. The van der Waals surface area contributed by atoms with Crippen LogP contribution in [0.4, 0.5) is 0 Å². The van der Waals surface area contributed by atoms with Crippen LogP contribution in [0.3, 0.4) is 0 Å². The summed E-state index contributed by atoms with van der Waals surface area (Å²) in [6.45, 7) is 6.65. The summed E-state index contributed by atoms with van der Waals surface area (Å²) in [5.74, 6) is -0.854. The minimum atomic E-state index is -0.774. The molecule has 83 heavy (non-hydrogen) atoms. The maximum atomic E-state index is 12.9. The number of carbonyl (C=O) groups excluding carboxylic acids is 3. The first-order chi connectivity index (χ1) is 41.0. The molecule has 0 saturated heterocycles. The van der Waals surface area contributed by atoms with Crippen molar-refractivity contribution in [2.24, 2.45) is 0 Å². The van der Waals surface area contributed by atoms with Gasteiger partial charge in [-0.05, 0) is 64.2 Å². The molecule has 0 bridgehead atoms. The molecule has 1 atom stereocenters. The average Bonchev–Trinajstić information content (AvgIpc) is 3.49. The predicted molar refractivity (Wildman–Crippen MR) is 363 cm³/mol. The Bertz CT molecular complexity index is 1340. The van der Waals surface area contributed by atoms with Crippen molar-refractivity contribution < 1.29 is 28.6 Å². The maximum Gasteiger partial charge on any atom is 0.306 e. The molecule has 0 aliphatic carbocycles. The zero-order valence-corrected chi connectivity index (χ0v) is 56.5. The summed E-state index contributed by atoms with van der Waals surface area (Å²) < 4.78 is 17.0. The SMILES string of the molecule is CCC/C=C\CCCCCCCC(=O)OCC(COC(=O)CCCCCCCCCCCCCCCCCCCCCCCCCCCCCCCCCCCC)OC(=O)CCCCCCCCCCC/C=C\CCCCCCCCCC. The molecule has 6 heteroatoms. The lowest BCUT2D eigenvalue weighted by molar-refractivity contribution is -0.167. The van der Waals surface area contributed by atoms with Gasteiger partial charge in [-0.3, -0.25) is 14.4 Å². The molecule has 0 fully saturated rings. The zero-order chi connectivity index (χ0) is 59.9. The molecule has 1 unspecified atom stereocenters. The van der Waals surface area contributed by atoms with Crippen molar-refractivity contribution in [3.8, 4) is 0 Å². The lowest BCUT2D eigenvalue weighted by Gasteiger charge is -2.18. The number of carbonyl (C=O) groups is 3. The standard InChI is InChI=1S/C77H146O6/c1-4-7-10-13-16-19-22-24-26-28-30-32-33-34-35-36-37-38-39-40-41-42-43-44-46-47-49-51-53-55-58-61-64-67-70-76(79)82-73-74(72-81-75(78)69-66-63-60-57-21-18-15-12-9-6-3)83-77(80)71-68-65-62-59-56-54-52-50-48-45-31-29-27-25-23-20-17-14-11-8-5-2/h12,15,29,31,74H,4-11,13-14,16-28,30,32-73H2,1-3H3/b15-12-,31-29-. The van der Waals surface area contributed by atoms with Crippen molar-refractivity contribution >= 4 is 17.9 Å². The second kappa shape index (κ2) is 72.4. The van der Waals surface area contributed by atoms with E-state index in [-0.39, 0.29) is 31.1 Å². The van der Waals surface area contributed by atoms with Gasteiger partial charge < -0.3 is 14.2 Å². The lowest BCUT2D eigenvalue weighted by atomic mass is 10.0. The summed E-state index contributed by atoms with van der Waals surface area (Å²) in [7, 11) is 0. The van der Waals surface area contributed by atoms with Crippen LogP contribution < -0.4 is 0 Å². The Morgan fingerprint density at radius 3 is 0.651 bits per heavy atom. The highest BCUT2D eigenvalue weighted by atomic mass is 16.6. The zero-order valence-electron chi connectivity index (χ0n) is 56.5. The Morgan fingerprint density at radius 2 is 0.422 bits per heavy atom. The summed E-state index contributed by atoms with van der Waals surface area (Å²) in [6, 6.07) is 0. The van der Waals surface area contributed by atoms with E-state index in [0.29, 0.717) is 19.3 Å². The van der Waals surface area contributed by atoms with Crippen molar-refractivity contribution in [3.05, 3.63) is 24.3 Å². The first kappa shape index (κ1) is 80.9. The first-order valence-corrected chi connectivity index (χ1v) is 37.8. The van der Waals surface area contributed by atoms with Crippen LogP contribution >= 0.6 is 0 Å². The second-order valence-electron chi connectivity index (χ2n) is 25.9. The summed E-state index contributed by atoms with van der Waals surface area (Å²) in [6.07, 6.45) is 89.7. The van der Waals surface area contributed by atoms with E-state index in [1.54, 1.807) is 0 Å². The molecule has 0 radical (unpaired) electrons. The molecule has 490 valence electrons. The molecule has 0 saturated carbocycles. The van der Waals surface area contributed by atoms with Gasteiger partial charge in [-0.1, -0.05) is 373 Å². The molecule has 0 aliphatic rings. The van der Waals surface area contributed by atoms with Gasteiger partial charge in [0.05, 0.1) is 0 Å². The van der Waals surface area contributed by atoms with Crippen LogP contribution in [0.15, 0.2) is 24.3 Å². The molecule has 0 rings (SSSR count). The predicted octanol–water partition coefficient (Wildman–Crippen LogP) is 26.1. The molecule has 0 aromatic rings. The summed E-state index contributed by atoms with van der Waals surface area (Å²) >= 11 is 0. The van der Waals surface area contributed by atoms with Crippen LogP contribution in [0.2, 0.25) is 0 Å². The molecule has 0 heterocycles. The molecule has 0 aromatic heterocycles. The number of ether oxygens (including phenoxy) is 3. The smallest absolute Gasteiger partial charge is 0.306 e. The lowest BCUT2D eigenvalue weighted by Crippen LogP contribution is -2.30. The molecular formula is C77H146O6. The third kappa shape index (κ3) is 70.5. The average molecular weight is 1170 g/mol. The van der Waals surface area contributed by atoms with Crippen molar-refractivity contribution in [2.75, 3.05) is 13.2 Å². The number of esters is 3. The van der Waals surface area contributed by atoms with Gasteiger partial charge in [0, 0.05) is 19.3 Å². The fourth-order valence-corrected chi connectivity index (χ4v) is 11.7. The van der Waals surface area contributed by atoms with Crippen molar-refractivity contribution in [3.63, 3.8) is 0 Å². The van der Waals surface area contributed by atoms with Gasteiger partial charge >= 0.3 is 17.9 Å². The van der Waals surface area contributed by atoms with Gasteiger partial charge in [-0.15, -0.1) is 0 Å². The first-order valence-electron chi connectivity index (χ1n) is 37.8. The Morgan fingerprint density at radius 1 is 0.229 bits per heavy atom. The Labute approximate surface area is 519 Å². The fraction of sp³-hybridized carbons (Fsp3) is 0.909. The van der Waals surface area contributed by atoms with Crippen molar-refractivity contribution in [1.29, 1.82) is 0 Å². The number of allylic oxidation sites excluding steroid dienone is 4. The van der Waals surface area contributed by atoms with Gasteiger partial charge in [0.25, 0.3) is 0 Å². The third-order valence-corrected chi connectivity index (χ3v) is 17.4. The molecule has 0 N–H and O–H groups in total. The third-order valence-electron chi connectivity index (χ3n) is 17.4. The van der Waals surface area contributed by atoms with Crippen LogP contribution in [0, 0.1) is 0 Å². The van der Waals surface area contributed by atoms with E-state index in [0.717, 1.165) is 70.6 Å².